The van der Waals surface area contributed by atoms with E-state index in [1.54, 1.807) is 23.0 Å². The van der Waals surface area contributed by atoms with E-state index in [9.17, 15) is 0 Å². The molecule has 0 fully saturated rings. The van der Waals surface area contributed by atoms with Gasteiger partial charge in [-0.25, -0.2) is 19.6 Å². The number of rotatable bonds is 2. The Morgan fingerprint density at radius 1 is 1.17 bits per heavy atom. The fourth-order valence-corrected chi connectivity index (χ4v) is 3.52. The van der Waals surface area contributed by atoms with Crippen LogP contribution in [0.1, 0.15) is 26.3 Å². The Bertz CT molecular complexity index is 1290. The minimum Gasteiger partial charge on any atom is -0.418 e. The Morgan fingerprint density at radius 3 is 2.69 bits per heavy atom. The van der Waals surface area contributed by atoms with Gasteiger partial charge >= 0.3 is 0 Å². The molecule has 0 saturated carbocycles. The van der Waals surface area contributed by atoms with E-state index in [1.165, 1.54) is 0 Å². The molecular weight excluding hydrogens is 454 g/mol. The Morgan fingerprint density at radius 2 is 1.97 bits per heavy atom. The molecule has 0 aliphatic carbocycles. The van der Waals surface area contributed by atoms with Crippen LogP contribution >= 0.6 is 27.5 Å². The lowest BCUT2D eigenvalue weighted by molar-refractivity contribution is 0.455. The second kappa shape index (κ2) is 7.39. The van der Waals surface area contributed by atoms with Crippen molar-refractivity contribution in [2.75, 3.05) is 0 Å². The Kier molecular flexibility index (Phi) is 5.04. The normalized spacial score (nSPS) is 12.7. The number of fused-ring (bicyclic) bond motifs is 1. The molecule has 0 unspecified atom stereocenters. The van der Waals surface area contributed by atoms with E-state index in [-0.39, 0.29) is 5.54 Å². The van der Waals surface area contributed by atoms with Crippen LogP contribution in [0, 0.1) is 6.92 Å². The topological polar surface area (TPSA) is 69.1 Å². The van der Waals surface area contributed by atoms with Gasteiger partial charge in [0.05, 0.1) is 21.5 Å². The minimum atomic E-state index is -0.316. The van der Waals surface area contributed by atoms with Crippen molar-refractivity contribution in [3.63, 3.8) is 0 Å². The summed E-state index contributed by atoms with van der Waals surface area (Å²) < 4.78 is 8.42. The molecule has 8 heteroatoms. The number of para-hydroxylation sites is 1. The molecule has 4 aromatic rings. The summed E-state index contributed by atoms with van der Waals surface area (Å²) in [7, 11) is 0. The fraction of sp³-hybridized carbons (Fsp3) is 0.238. The van der Waals surface area contributed by atoms with Crippen molar-refractivity contribution in [3.05, 3.63) is 63.3 Å². The molecule has 0 amide bonds. The molecule has 0 atom stereocenters. The number of hydrogen-bond acceptors (Lipinski definition) is 5. The number of aryl methyl sites for hydroxylation is 1. The fourth-order valence-electron chi connectivity index (χ4n) is 2.95. The monoisotopic (exact) mass is 471 g/mol. The lowest BCUT2D eigenvalue weighted by atomic mass is 10.1. The third-order valence-electron chi connectivity index (χ3n) is 4.15. The second-order valence-electron chi connectivity index (χ2n) is 7.65. The van der Waals surface area contributed by atoms with Crippen molar-refractivity contribution in [1.29, 1.82) is 0 Å². The number of nitrogens with zero attached hydrogens (tertiary/aromatic N) is 5. The van der Waals surface area contributed by atoms with Crippen molar-refractivity contribution in [3.8, 4) is 17.4 Å². The van der Waals surface area contributed by atoms with Crippen LogP contribution in [0.2, 0.25) is 5.02 Å². The number of halogens is 2. The van der Waals surface area contributed by atoms with Gasteiger partial charge in [0.1, 0.15) is 10.3 Å². The molecular formula is C21H19BrClN5O. The minimum absolute atomic E-state index is 0.316. The van der Waals surface area contributed by atoms with Gasteiger partial charge in [-0.2, -0.15) is 5.10 Å². The van der Waals surface area contributed by atoms with Crippen LogP contribution in [-0.2, 0) is 0 Å². The predicted molar refractivity (Wildman–Crippen MR) is 117 cm³/mol. The van der Waals surface area contributed by atoms with E-state index >= 15 is 0 Å². The summed E-state index contributed by atoms with van der Waals surface area (Å²) in [6.07, 6.45) is 1.66. The van der Waals surface area contributed by atoms with Crippen LogP contribution in [-0.4, -0.2) is 25.3 Å². The molecule has 3 aromatic heterocycles. The quantitative estimate of drug-likeness (QED) is 0.386. The van der Waals surface area contributed by atoms with Gasteiger partial charge in [0.15, 0.2) is 5.82 Å². The molecule has 0 N–H and O–H groups in total. The highest BCUT2D eigenvalue weighted by molar-refractivity contribution is 9.10. The van der Waals surface area contributed by atoms with E-state index in [1.807, 2.05) is 52.0 Å². The van der Waals surface area contributed by atoms with Gasteiger partial charge in [-0.05, 0) is 67.4 Å². The lowest BCUT2D eigenvalue weighted by Gasteiger charge is -2.12. The molecule has 0 aliphatic heterocycles. The van der Waals surface area contributed by atoms with Crippen molar-refractivity contribution in [2.24, 2.45) is 4.99 Å². The molecule has 3 heterocycles. The van der Waals surface area contributed by atoms with Crippen molar-refractivity contribution in [2.45, 2.75) is 33.2 Å². The van der Waals surface area contributed by atoms with Gasteiger partial charge in [-0.15, -0.1) is 0 Å². The lowest BCUT2D eigenvalue weighted by Crippen LogP contribution is -2.18. The Balaban J connectivity index is 2.06. The summed E-state index contributed by atoms with van der Waals surface area (Å²) in [6, 6.07) is 11.3. The van der Waals surface area contributed by atoms with E-state index in [0.717, 1.165) is 16.5 Å². The third-order valence-corrected chi connectivity index (χ3v) is 4.83. The molecule has 0 bridgehead atoms. The first-order valence-corrected chi connectivity index (χ1v) is 10.2. The van der Waals surface area contributed by atoms with Crippen LogP contribution in [0.5, 0.6) is 0 Å². The SMILES string of the molecule is Cc1cccc2/c(=N/C(C)(C)C)oc(-c3cc(Br)nn3-c3ncccc3Cl)nc12. The van der Waals surface area contributed by atoms with Gasteiger partial charge in [-0.3, -0.25) is 0 Å². The number of hydrogen-bond donors (Lipinski definition) is 0. The average molecular weight is 473 g/mol. The molecule has 0 spiro atoms. The smallest absolute Gasteiger partial charge is 0.248 e. The first-order valence-electron chi connectivity index (χ1n) is 9.06. The number of benzene rings is 1. The summed E-state index contributed by atoms with van der Waals surface area (Å²) in [5.74, 6) is 0.876. The van der Waals surface area contributed by atoms with Gasteiger partial charge < -0.3 is 4.42 Å². The van der Waals surface area contributed by atoms with Crippen LogP contribution in [0.15, 0.2) is 56.6 Å². The van der Waals surface area contributed by atoms with Crippen molar-refractivity contribution >= 4 is 38.4 Å². The summed E-state index contributed by atoms with van der Waals surface area (Å²) in [4.78, 5) is 13.9. The largest absolute Gasteiger partial charge is 0.418 e. The van der Waals surface area contributed by atoms with Gasteiger partial charge in [0.25, 0.3) is 0 Å². The number of aromatic nitrogens is 4. The highest BCUT2D eigenvalue weighted by Crippen LogP contribution is 2.28. The number of pyridine rings is 1. The van der Waals surface area contributed by atoms with Crippen LogP contribution < -0.4 is 5.55 Å². The molecule has 1 aromatic carbocycles. The molecule has 0 radical (unpaired) electrons. The second-order valence-corrected chi connectivity index (χ2v) is 8.87. The third kappa shape index (κ3) is 3.97. The van der Waals surface area contributed by atoms with E-state index in [4.69, 9.17) is 26.0 Å². The molecule has 0 saturated heterocycles. The predicted octanol–water partition coefficient (Wildman–Crippen LogP) is 5.50. The van der Waals surface area contributed by atoms with Gasteiger partial charge in [0, 0.05) is 12.3 Å². The highest BCUT2D eigenvalue weighted by Gasteiger charge is 2.19. The van der Waals surface area contributed by atoms with E-state index in [0.29, 0.717) is 32.6 Å². The molecule has 0 aliphatic rings. The van der Waals surface area contributed by atoms with E-state index in [2.05, 4.69) is 26.0 Å². The molecule has 6 nitrogen and oxygen atoms in total. The zero-order valence-corrected chi connectivity index (χ0v) is 18.8. The summed E-state index contributed by atoms with van der Waals surface area (Å²) in [5, 5.41) is 5.82. The maximum Gasteiger partial charge on any atom is 0.248 e. The first kappa shape index (κ1) is 19.8. The van der Waals surface area contributed by atoms with E-state index < -0.39 is 0 Å². The maximum absolute atomic E-state index is 6.36. The van der Waals surface area contributed by atoms with Crippen LogP contribution in [0.4, 0.5) is 0 Å². The highest BCUT2D eigenvalue weighted by atomic mass is 79.9. The van der Waals surface area contributed by atoms with Crippen molar-refractivity contribution < 1.29 is 4.42 Å². The zero-order valence-electron chi connectivity index (χ0n) is 16.4. The van der Waals surface area contributed by atoms with Crippen LogP contribution in [0.3, 0.4) is 0 Å². The van der Waals surface area contributed by atoms with Crippen LogP contribution in [0.25, 0.3) is 28.3 Å². The van der Waals surface area contributed by atoms with Crippen molar-refractivity contribution in [1.82, 2.24) is 19.7 Å². The zero-order chi connectivity index (χ0) is 20.8. The van der Waals surface area contributed by atoms with Gasteiger partial charge in [0.2, 0.25) is 11.4 Å². The molecule has 29 heavy (non-hydrogen) atoms. The summed E-state index contributed by atoms with van der Waals surface area (Å²) in [5.41, 5.74) is 2.69. The maximum atomic E-state index is 6.36. The van der Waals surface area contributed by atoms with Gasteiger partial charge in [-0.1, -0.05) is 23.7 Å². The summed E-state index contributed by atoms with van der Waals surface area (Å²) >= 11 is 9.80. The standard InChI is InChI=1S/C21H19BrClN5O/c1-12-7-5-8-13-17(12)25-20(29-19(13)26-21(2,3)4)15-11-16(22)27-28(15)18-14(23)9-6-10-24-18/h5-11H,1-4H3/b26-19-. The first-order chi connectivity index (χ1) is 13.7. The molecule has 4 rings (SSSR count). The Hall–Kier alpha value is -2.51. The Labute approximate surface area is 181 Å². The summed E-state index contributed by atoms with van der Waals surface area (Å²) in [6.45, 7) is 8.10. The molecule has 148 valence electrons. The average Bonchev–Trinajstić information content (AvgIpc) is 3.03.